The third-order valence-corrected chi connectivity index (χ3v) is 5.63. The maximum atomic E-state index is 3.79. The van der Waals surface area contributed by atoms with E-state index in [4.69, 9.17) is 0 Å². The van der Waals surface area contributed by atoms with Crippen molar-refractivity contribution in [1.82, 2.24) is 5.32 Å². The Kier molecular flexibility index (Phi) is 3.66. The molecule has 2 aliphatic carbocycles. The number of benzene rings is 1. The van der Waals surface area contributed by atoms with Crippen LogP contribution in [-0.4, -0.2) is 6.54 Å². The van der Waals surface area contributed by atoms with Crippen molar-refractivity contribution in [3.63, 3.8) is 0 Å². The van der Waals surface area contributed by atoms with Crippen molar-refractivity contribution in [2.75, 3.05) is 6.54 Å². The zero-order valence-electron chi connectivity index (χ0n) is 12.6. The summed E-state index contributed by atoms with van der Waals surface area (Å²) in [7, 11) is 0. The summed E-state index contributed by atoms with van der Waals surface area (Å²) in [5.74, 6) is 2.88. The molecule has 0 spiro atoms. The Hall–Kier alpha value is -0.820. The molecule has 19 heavy (non-hydrogen) atoms. The maximum Gasteiger partial charge on any atom is 0.0354 e. The Bertz CT molecular complexity index is 451. The first-order valence-corrected chi connectivity index (χ1v) is 8.00. The minimum Gasteiger partial charge on any atom is -0.310 e. The highest BCUT2D eigenvalue weighted by Gasteiger charge is 2.43. The second kappa shape index (κ2) is 5.28. The zero-order valence-corrected chi connectivity index (χ0v) is 12.6. The van der Waals surface area contributed by atoms with E-state index in [1.807, 2.05) is 0 Å². The molecule has 2 bridgehead atoms. The normalized spacial score (nSPS) is 30.8. The van der Waals surface area contributed by atoms with Gasteiger partial charge < -0.3 is 5.32 Å². The highest BCUT2D eigenvalue weighted by Crippen LogP contribution is 2.52. The van der Waals surface area contributed by atoms with Crippen LogP contribution in [0.25, 0.3) is 0 Å². The smallest absolute Gasteiger partial charge is 0.0354 e. The molecule has 0 radical (unpaired) electrons. The van der Waals surface area contributed by atoms with Gasteiger partial charge in [0.2, 0.25) is 0 Å². The van der Waals surface area contributed by atoms with E-state index in [0.29, 0.717) is 6.04 Å². The Morgan fingerprint density at radius 1 is 1.21 bits per heavy atom. The minimum absolute atomic E-state index is 0.584. The van der Waals surface area contributed by atoms with E-state index < -0.39 is 0 Å². The van der Waals surface area contributed by atoms with E-state index in [1.165, 1.54) is 36.8 Å². The summed E-state index contributed by atoms with van der Waals surface area (Å²) in [5, 5.41) is 3.79. The van der Waals surface area contributed by atoms with Gasteiger partial charge in [-0.3, -0.25) is 0 Å². The lowest BCUT2D eigenvalue weighted by atomic mass is 9.79. The lowest BCUT2D eigenvalue weighted by molar-refractivity contribution is 0.252. The van der Waals surface area contributed by atoms with Crippen LogP contribution in [0.4, 0.5) is 0 Å². The molecule has 4 atom stereocenters. The van der Waals surface area contributed by atoms with Crippen molar-refractivity contribution in [3.05, 3.63) is 34.9 Å². The first-order chi connectivity index (χ1) is 9.20. The molecule has 0 aliphatic heterocycles. The number of fused-ring (bicyclic) bond motifs is 2. The van der Waals surface area contributed by atoms with E-state index in [9.17, 15) is 0 Å². The summed E-state index contributed by atoms with van der Waals surface area (Å²) >= 11 is 0. The number of rotatable bonds is 4. The Morgan fingerprint density at radius 2 is 2.05 bits per heavy atom. The third kappa shape index (κ3) is 2.33. The van der Waals surface area contributed by atoms with Gasteiger partial charge in [-0.15, -0.1) is 0 Å². The molecule has 4 unspecified atom stereocenters. The average Bonchev–Trinajstić information content (AvgIpc) is 3.02. The van der Waals surface area contributed by atoms with E-state index in [1.54, 1.807) is 5.56 Å². The predicted octanol–water partition coefficient (Wildman–Crippen LogP) is 4.39. The largest absolute Gasteiger partial charge is 0.310 e. The first-order valence-electron chi connectivity index (χ1n) is 8.00. The number of hydrogen-bond acceptors (Lipinski definition) is 1. The molecule has 1 aromatic rings. The van der Waals surface area contributed by atoms with Gasteiger partial charge in [0.05, 0.1) is 0 Å². The van der Waals surface area contributed by atoms with Crippen molar-refractivity contribution in [1.29, 1.82) is 0 Å². The Labute approximate surface area is 117 Å². The Balaban J connectivity index is 1.90. The van der Waals surface area contributed by atoms with Gasteiger partial charge in [-0.2, -0.15) is 0 Å². The molecule has 1 nitrogen and oxygen atoms in total. The Morgan fingerprint density at radius 3 is 2.68 bits per heavy atom. The molecule has 0 aromatic heterocycles. The molecule has 0 amide bonds. The lowest BCUT2D eigenvalue weighted by Crippen LogP contribution is -2.32. The van der Waals surface area contributed by atoms with Crippen LogP contribution in [0.2, 0.25) is 0 Å². The van der Waals surface area contributed by atoms with Crippen LogP contribution in [0.5, 0.6) is 0 Å². The van der Waals surface area contributed by atoms with E-state index >= 15 is 0 Å². The van der Waals surface area contributed by atoms with E-state index in [2.05, 4.69) is 44.3 Å². The number of nitrogens with one attached hydrogen (secondary N) is 1. The summed E-state index contributed by atoms with van der Waals surface area (Å²) in [6.45, 7) is 7.85. The second-order valence-corrected chi connectivity index (χ2v) is 6.66. The molecule has 3 rings (SSSR count). The van der Waals surface area contributed by atoms with Gasteiger partial charge in [-0.1, -0.05) is 31.5 Å². The zero-order chi connectivity index (χ0) is 13.4. The average molecular weight is 257 g/mol. The van der Waals surface area contributed by atoms with Crippen molar-refractivity contribution in [3.8, 4) is 0 Å². The van der Waals surface area contributed by atoms with Crippen LogP contribution in [0, 0.1) is 31.6 Å². The first kappa shape index (κ1) is 13.2. The van der Waals surface area contributed by atoms with Gasteiger partial charge in [0.25, 0.3) is 0 Å². The van der Waals surface area contributed by atoms with Gasteiger partial charge in [0, 0.05) is 6.04 Å². The SMILES string of the molecule is CCNC(c1cccc(C)c1C)C1CC2CCC1C2. The third-order valence-electron chi connectivity index (χ3n) is 5.63. The van der Waals surface area contributed by atoms with Crippen molar-refractivity contribution >= 4 is 0 Å². The fraction of sp³-hybridized carbons (Fsp3) is 0.667. The van der Waals surface area contributed by atoms with Crippen LogP contribution < -0.4 is 5.32 Å². The molecular formula is C18H27N. The van der Waals surface area contributed by atoms with Crippen LogP contribution >= 0.6 is 0 Å². The topological polar surface area (TPSA) is 12.0 Å². The molecule has 1 aromatic carbocycles. The lowest BCUT2D eigenvalue weighted by Gasteiger charge is -2.32. The van der Waals surface area contributed by atoms with Crippen LogP contribution in [0.15, 0.2) is 18.2 Å². The molecule has 0 saturated heterocycles. The second-order valence-electron chi connectivity index (χ2n) is 6.66. The highest BCUT2D eigenvalue weighted by atomic mass is 14.9. The van der Waals surface area contributed by atoms with Crippen molar-refractivity contribution in [2.24, 2.45) is 17.8 Å². The standard InChI is InChI=1S/C18H27N/c1-4-19-18(16-7-5-6-12(2)13(16)3)17-11-14-8-9-15(17)10-14/h5-7,14-15,17-19H,4,8-11H2,1-3H3. The molecular weight excluding hydrogens is 230 g/mol. The molecule has 1 heteroatoms. The fourth-order valence-corrected chi connectivity index (χ4v) is 4.52. The number of aryl methyl sites for hydroxylation is 1. The molecule has 1 N–H and O–H groups in total. The highest BCUT2D eigenvalue weighted by molar-refractivity contribution is 5.36. The van der Waals surface area contributed by atoms with Crippen molar-refractivity contribution < 1.29 is 0 Å². The van der Waals surface area contributed by atoms with Gasteiger partial charge in [0.1, 0.15) is 0 Å². The van der Waals surface area contributed by atoms with Crippen LogP contribution in [0.3, 0.4) is 0 Å². The molecule has 104 valence electrons. The van der Waals surface area contributed by atoms with Gasteiger partial charge in [0.15, 0.2) is 0 Å². The summed E-state index contributed by atoms with van der Waals surface area (Å²) in [6.07, 6.45) is 5.92. The summed E-state index contributed by atoms with van der Waals surface area (Å²) in [6, 6.07) is 7.40. The van der Waals surface area contributed by atoms with Crippen molar-refractivity contribution in [2.45, 2.75) is 52.5 Å². The van der Waals surface area contributed by atoms with Crippen LogP contribution in [0.1, 0.15) is 55.3 Å². The molecule has 2 fully saturated rings. The van der Waals surface area contributed by atoms with Gasteiger partial charge in [-0.05, 0) is 74.1 Å². The summed E-state index contributed by atoms with van der Waals surface area (Å²) in [5.41, 5.74) is 4.49. The summed E-state index contributed by atoms with van der Waals surface area (Å²) < 4.78 is 0. The van der Waals surface area contributed by atoms with E-state index in [-0.39, 0.29) is 0 Å². The molecule has 0 heterocycles. The van der Waals surface area contributed by atoms with Gasteiger partial charge >= 0.3 is 0 Å². The maximum absolute atomic E-state index is 3.79. The molecule has 2 saturated carbocycles. The van der Waals surface area contributed by atoms with E-state index in [0.717, 1.165) is 24.3 Å². The number of hydrogen-bond donors (Lipinski definition) is 1. The van der Waals surface area contributed by atoms with Gasteiger partial charge in [-0.25, -0.2) is 0 Å². The monoisotopic (exact) mass is 257 g/mol. The quantitative estimate of drug-likeness (QED) is 0.843. The summed E-state index contributed by atoms with van der Waals surface area (Å²) in [4.78, 5) is 0. The predicted molar refractivity (Wildman–Crippen MR) is 81.3 cm³/mol. The van der Waals surface area contributed by atoms with Crippen LogP contribution in [-0.2, 0) is 0 Å². The fourth-order valence-electron chi connectivity index (χ4n) is 4.52. The molecule has 2 aliphatic rings. The minimum atomic E-state index is 0.584.